The number of hydrogen-bond acceptors (Lipinski definition) is 7. The van der Waals surface area contributed by atoms with Gasteiger partial charge in [0.2, 0.25) is 0 Å². The summed E-state index contributed by atoms with van der Waals surface area (Å²) < 4.78 is 6.52. The van der Waals surface area contributed by atoms with Crippen LogP contribution in [0.25, 0.3) is 23.0 Å². The van der Waals surface area contributed by atoms with Crippen LogP contribution in [0.15, 0.2) is 111 Å². The molecule has 5 rings (SSSR count). The van der Waals surface area contributed by atoms with Crippen molar-refractivity contribution in [3.05, 3.63) is 117 Å². The molecule has 4 aromatic rings. The maximum absolute atomic E-state index is 12.4. The quantitative estimate of drug-likeness (QED) is 0.234. The second-order valence-corrected chi connectivity index (χ2v) is 8.93. The standard InChI is InChI=1S/C28H21N5O3S/c1-36-23-13-9-19(10-14-23)17-25-27(35)30-28(37-25)31-29-18-20-7-11-22(12-8-20)33-26(34)16-15-24(32-33)21-5-3-2-4-6-21/h2-18H,1H3,(H,30,31,35). The maximum atomic E-state index is 12.4. The van der Waals surface area contributed by atoms with Crippen LogP contribution in [-0.4, -0.2) is 34.2 Å². The molecule has 1 aliphatic heterocycles. The first-order chi connectivity index (χ1) is 18.1. The van der Waals surface area contributed by atoms with Crippen molar-refractivity contribution < 1.29 is 9.53 Å². The van der Waals surface area contributed by atoms with Crippen LogP contribution in [0.5, 0.6) is 5.75 Å². The third-order valence-electron chi connectivity index (χ3n) is 5.42. The number of amidine groups is 1. The largest absolute Gasteiger partial charge is 0.497 e. The summed E-state index contributed by atoms with van der Waals surface area (Å²) in [6.45, 7) is 0. The minimum absolute atomic E-state index is 0.220. The van der Waals surface area contributed by atoms with Gasteiger partial charge in [-0.25, -0.2) is 0 Å². The highest BCUT2D eigenvalue weighted by molar-refractivity contribution is 8.18. The van der Waals surface area contributed by atoms with Crippen LogP contribution >= 0.6 is 11.8 Å². The van der Waals surface area contributed by atoms with E-state index < -0.39 is 0 Å². The number of carbonyl (C=O) groups is 1. The SMILES string of the molecule is COc1ccc(C=C2SC(NN=Cc3ccc(-n4nc(-c5ccccc5)ccc4=O)cc3)=NC2=O)cc1. The minimum atomic E-state index is -0.321. The summed E-state index contributed by atoms with van der Waals surface area (Å²) in [6.07, 6.45) is 3.38. The zero-order chi connectivity index (χ0) is 25.6. The number of benzene rings is 3. The third-order valence-corrected chi connectivity index (χ3v) is 6.30. The average Bonchev–Trinajstić information content (AvgIpc) is 3.29. The highest BCUT2D eigenvalue weighted by Gasteiger charge is 2.21. The number of aromatic nitrogens is 2. The van der Waals surface area contributed by atoms with Crippen LogP contribution in [0.4, 0.5) is 0 Å². The number of nitrogens with one attached hydrogen (secondary N) is 1. The molecule has 0 saturated carbocycles. The van der Waals surface area contributed by atoms with Crippen molar-refractivity contribution in [1.82, 2.24) is 15.2 Å². The Morgan fingerprint density at radius 3 is 2.35 bits per heavy atom. The monoisotopic (exact) mass is 507 g/mol. The van der Waals surface area contributed by atoms with Gasteiger partial charge < -0.3 is 4.74 Å². The van der Waals surface area contributed by atoms with Gasteiger partial charge in [-0.1, -0.05) is 54.6 Å². The van der Waals surface area contributed by atoms with E-state index in [0.29, 0.717) is 21.5 Å². The van der Waals surface area contributed by atoms with Crippen molar-refractivity contribution in [2.75, 3.05) is 7.11 Å². The zero-order valence-corrected chi connectivity index (χ0v) is 20.6. The van der Waals surface area contributed by atoms with E-state index in [2.05, 4.69) is 20.6 Å². The molecule has 182 valence electrons. The Bertz CT molecular complexity index is 1580. The summed E-state index contributed by atoms with van der Waals surface area (Å²) in [5.41, 5.74) is 6.54. The van der Waals surface area contributed by atoms with E-state index in [9.17, 15) is 9.59 Å². The van der Waals surface area contributed by atoms with Crippen molar-refractivity contribution in [3.63, 3.8) is 0 Å². The van der Waals surface area contributed by atoms with Crippen LogP contribution in [0.3, 0.4) is 0 Å². The Labute approximate surface area is 217 Å². The fourth-order valence-electron chi connectivity index (χ4n) is 3.53. The van der Waals surface area contributed by atoms with Crippen LogP contribution < -0.4 is 15.7 Å². The molecule has 0 radical (unpaired) electrons. The Hall–Kier alpha value is -4.76. The predicted octanol–water partition coefficient (Wildman–Crippen LogP) is 4.50. The number of ether oxygens (including phenoxy) is 1. The van der Waals surface area contributed by atoms with Crippen molar-refractivity contribution >= 4 is 35.1 Å². The second kappa shape index (κ2) is 10.9. The third kappa shape index (κ3) is 5.74. The lowest BCUT2D eigenvalue weighted by Gasteiger charge is -2.07. The molecule has 0 fully saturated rings. The molecule has 0 unspecified atom stereocenters. The molecule has 8 nitrogen and oxygen atoms in total. The zero-order valence-electron chi connectivity index (χ0n) is 19.7. The van der Waals surface area contributed by atoms with E-state index >= 15 is 0 Å². The molecule has 1 aromatic heterocycles. The lowest BCUT2D eigenvalue weighted by molar-refractivity contribution is -0.113. The van der Waals surface area contributed by atoms with E-state index in [-0.39, 0.29) is 11.5 Å². The lowest BCUT2D eigenvalue weighted by Crippen LogP contribution is -2.20. The number of amides is 1. The fourth-order valence-corrected chi connectivity index (χ4v) is 4.29. The number of hydrogen-bond donors (Lipinski definition) is 1. The number of methoxy groups -OCH3 is 1. The molecule has 0 spiro atoms. The molecule has 37 heavy (non-hydrogen) atoms. The highest BCUT2D eigenvalue weighted by atomic mass is 32.2. The molecule has 1 aliphatic rings. The van der Waals surface area contributed by atoms with Gasteiger partial charge in [0, 0.05) is 11.6 Å². The fraction of sp³-hybridized carbons (Fsp3) is 0.0357. The van der Waals surface area contributed by atoms with Gasteiger partial charge in [0.25, 0.3) is 11.5 Å². The van der Waals surface area contributed by atoms with Gasteiger partial charge in [0.15, 0.2) is 5.17 Å². The Balaban J connectivity index is 1.23. The Kier molecular flexibility index (Phi) is 7.05. The predicted molar refractivity (Wildman–Crippen MR) is 147 cm³/mol. The van der Waals surface area contributed by atoms with E-state index in [1.165, 1.54) is 22.5 Å². The first kappa shape index (κ1) is 24.0. The summed E-state index contributed by atoms with van der Waals surface area (Å²) in [4.78, 5) is 29.2. The number of hydrazone groups is 1. The molecule has 1 N–H and O–H groups in total. The van der Waals surface area contributed by atoms with Gasteiger partial charge >= 0.3 is 0 Å². The lowest BCUT2D eigenvalue weighted by atomic mass is 10.1. The van der Waals surface area contributed by atoms with Crippen molar-refractivity contribution in [1.29, 1.82) is 0 Å². The molecular formula is C28H21N5O3S. The summed E-state index contributed by atoms with van der Waals surface area (Å²) in [7, 11) is 1.61. The molecule has 0 saturated heterocycles. The number of thioether (sulfide) groups is 1. The van der Waals surface area contributed by atoms with Crippen molar-refractivity contribution in [2.45, 2.75) is 0 Å². The highest BCUT2D eigenvalue weighted by Crippen LogP contribution is 2.28. The van der Waals surface area contributed by atoms with E-state index in [1.54, 1.807) is 37.6 Å². The van der Waals surface area contributed by atoms with E-state index in [4.69, 9.17) is 4.74 Å². The first-order valence-corrected chi connectivity index (χ1v) is 12.1. The van der Waals surface area contributed by atoms with Gasteiger partial charge in [-0.2, -0.15) is 19.9 Å². The molecule has 3 aromatic carbocycles. The number of carbonyl (C=O) groups excluding carboxylic acids is 1. The second-order valence-electron chi connectivity index (χ2n) is 7.90. The number of aliphatic imine (C=N–C) groups is 1. The Morgan fingerprint density at radius 2 is 1.62 bits per heavy atom. The van der Waals surface area contributed by atoms with Crippen LogP contribution in [0.1, 0.15) is 11.1 Å². The molecule has 0 aliphatic carbocycles. The van der Waals surface area contributed by atoms with Crippen LogP contribution in [-0.2, 0) is 4.79 Å². The maximum Gasteiger partial charge on any atom is 0.286 e. The van der Waals surface area contributed by atoms with Gasteiger partial charge in [-0.05, 0) is 59.3 Å². The molecule has 0 atom stereocenters. The van der Waals surface area contributed by atoms with E-state index in [0.717, 1.165) is 22.4 Å². The number of nitrogens with zero attached hydrogens (tertiary/aromatic N) is 4. The van der Waals surface area contributed by atoms with E-state index in [1.807, 2.05) is 66.7 Å². The van der Waals surface area contributed by atoms with Crippen LogP contribution in [0, 0.1) is 0 Å². The summed E-state index contributed by atoms with van der Waals surface area (Å²) in [5, 5.41) is 9.09. The molecule has 0 bridgehead atoms. The summed E-state index contributed by atoms with van der Waals surface area (Å²) in [6, 6.07) is 27.6. The smallest absolute Gasteiger partial charge is 0.286 e. The summed E-state index contributed by atoms with van der Waals surface area (Å²) >= 11 is 1.22. The van der Waals surface area contributed by atoms with Crippen molar-refractivity contribution in [3.8, 4) is 22.7 Å². The average molecular weight is 508 g/mol. The summed E-state index contributed by atoms with van der Waals surface area (Å²) in [5.74, 6) is 0.427. The first-order valence-electron chi connectivity index (χ1n) is 11.3. The molecule has 2 heterocycles. The van der Waals surface area contributed by atoms with Crippen LogP contribution in [0.2, 0.25) is 0 Å². The van der Waals surface area contributed by atoms with Gasteiger partial charge in [0.1, 0.15) is 5.75 Å². The minimum Gasteiger partial charge on any atom is -0.497 e. The van der Waals surface area contributed by atoms with Gasteiger partial charge in [-0.15, -0.1) is 0 Å². The molecule has 1 amide bonds. The normalized spacial score (nSPS) is 14.2. The molecule has 9 heteroatoms. The topological polar surface area (TPSA) is 97.9 Å². The molecular weight excluding hydrogens is 486 g/mol. The van der Waals surface area contributed by atoms with Gasteiger partial charge in [0.05, 0.1) is 29.6 Å². The van der Waals surface area contributed by atoms with Gasteiger partial charge in [-0.3, -0.25) is 15.0 Å². The number of rotatable bonds is 6. The van der Waals surface area contributed by atoms with Crippen molar-refractivity contribution in [2.24, 2.45) is 10.1 Å². The Morgan fingerprint density at radius 1 is 0.892 bits per heavy atom.